The van der Waals surface area contributed by atoms with Gasteiger partial charge in [-0.25, -0.2) is 9.97 Å². The quantitative estimate of drug-likeness (QED) is 0.759. The first kappa shape index (κ1) is 20.3. The molecule has 3 heterocycles. The molecule has 1 atom stereocenters. The van der Waals surface area contributed by atoms with Crippen molar-refractivity contribution >= 4 is 17.6 Å². The molecule has 0 aliphatic carbocycles. The van der Waals surface area contributed by atoms with Crippen molar-refractivity contribution in [1.82, 2.24) is 14.9 Å². The van der Waals surface area contributed by atoms with Crippen LogP contribution in [0.25, 0.3) is 0 Å². The number of hydrogen-bond acceptors (Lipinski definition) is 5. The van der Waals surface area contributed by atoms with E-state index in [1.165, 1.54) is 0 Å². The topological polar surface area (TPSA) is 75.6 Å². The van der Waals surface area contributed by atoms with Crippen LogP contribution in [0.15, 0.2) is 24.3 Å². The Morgan fingerprint density at radius 1 is 1.27 bits per heavy atom. The lowest BCUT2D eigenvalue weighted by molar-refractivity contribution is -0.135. The lowest BCUT2D eigenvalue weighted by Crippen LogP contribution is -2.35. The molecule has 0 radical (unpaired) electrons. The first-order valence-corrected chi connectivity index (χ1v) is 10.5. The smallest absolute Gasteiger partial charge is 0.233 e. The molecule has 0 bridgehead atoms. The van der Waals surface area contributed by atoms with Gasteiger partial charge in [-0.3, -0.25) is 14.5 Å². The fourth-order valence-corrected chi connectivity index (χ4v) is 4.34. The number of amides is 2. The average Bonchev–Trinajstić information content (AvgIpc) is 3.33. The van der Waals surface area contributed by atoms with Crippen molar-refractivity contribution in [3.8, 4) is 5.75 Å². The molecular formula is C23H28N4O3. The summed E-state index contributed by atoms with van der Waals surface area (Å²) in [7, 11) is 1.63. The summed E-state index contributed by atoms with van der Waals surface area (Å²) in [6, 6.07) is 7.56. The third kappa shape index (κ3) is 3.53. The van der Waals surface area contributed by atoms with Crippen molar-refractivity contribution in [2.24, 2.45) is 5.92 Å². The monoisotopic (exact) mass is 408 g/mol. The molecule has 30 heavy (non-hydrogen) atoms. The van der Waals surface area contributed by atoms with E-state index < -0.39 is 0 Å². The summed E-state index contributed by atoms with van der Waals surface area (Å²) < 4.78 is 5.46. The van der Waals surface area contributed by atoms with Gasteiger partial charge in [0.15, 0.2) is 5.82 Å². The highest BCUT2D eigenvalue weighted by Crippen LogP contribution is 2.36. The number of fused-ring (bicyclic) bond motifs is 1. The summed E-state index contributed by atoms with van der Waals surface area (Å²) in [5, 5.41) is 0. The molecule has 1 aromatic heterocycles. The van der Waals surface area contributed by atoms with E-state index in [1.54, 1.807) is 12.0 Å². The van der Waals surface area contributed by atoms with Crippen LogP contribution in [0.4, 0.5) is 5.82 Å². The molecular weight excluding hydrogens is 380 g/mol. The summed E-state index contributed by atoms with van der Waals surface area (Å²) >= 11 is 0. The third-order valence-corrected chi connectivity index (χ3v) is 5.94. The van der Waals surface area contributed by atoms with Crippen LogP contribution < -0.4 is 9.64 Å². The largest absolute Gasteiger partial charge is 0.496 e. The maximum atomic E-state index is 12.8. The van der Waals surface area contributed by atoms with Crippen LogP contribution in [0.2, 0.25) is 0 Å². The Hall–Kier alpha value is -2.96. The van der Waals surface area contributed by atoms with E-state index in [1.807, 2.05) is 49.9 Å². The molecule has 2 aliphatic heterocycles. The molecule has 1 aromatic carbocycles. The Labute approximate surface area is 177 Å². The Bertz CT molecular complexity index is 988. The zero-order valence-corrected chi connectivity index (χ0v) is 18.0. The summed E-state index contributed by atoms with van der Waals surface area (Å²) in [6.45, 7) is 6.88. The molecule has 0 saturated carbocycles. The number of para-hydroxylation sites is 1. The van der Waals surface area contributed by atoms with Crippen LogP contribution >= 0.6 is 0 Å². The van der Waals surface area contributed by atoms with E-state index in [2.05, 4.69) is 0 Å². The van der Waals surface area contributed by atoms with Gasteiger partial charge in [0.25, 0.3) is 0 Å². The van der Waals surface area contributed by atoms with Crippen LogP contribution in [-0.4, -0.2) is 40.3 Å². The lowest BCUT2D eigenvalue weighted by Gasteiger charge is -2.26. The van der Waals surface area contributed by atoms with Crippen molar-refractivity contribution in [2.75, 3.05) is 18.6 Å². The predicted molar refractivity (Wildman–Crippen MR) is 113 cm³/mol. The van der Waals surface area contributed by atoms with E-state index in [-0.39, 0.29) is 23.8 Å². The summed E-state index contributed by atoms with van der Waals surface area (Å²) in [5.41, 5.74) is 2.62. The number of carbonyl (C=O) groups is 2. The van der Waals surface area contributed by atoms with Gasteiger partial charge in [0.05, 0.1) is 26.1 Å². The van der Waals surface area contributed by atoms with Gasteiger partial charge in [0.2, 0.25) is 11.8 Å². The molecule has 0 N–H and O–H groups in total. The van der Waals surface area contributed by atoms with Gasteiger partial charge >= 0.3 is 0 Å². The normalized spacial score (nSPS) is 18.3. The summed E-state index contributed by atoms with van der Waals surface area (Å²) in [5.74, 6) is 2.11. The number of aromatic nitrogens is 2. The number of rotatable bonds is 5. The average molecular weight is 409 g/mol. The zero-order chi connectivity index (χ0) is 21.4. The van der Waals surface area contributed by atoms with E-state index in [0.29, 0.717) is 24.6 Å². The van der Waals surface area contributed by atoms with Crippen LogP contribution in [0.1, 0.15) is 55.4 Å². The van der Waals surface area contributed by atoms with Gasteiger partial charge in [-0.15, -0.1) is 0 Å². The molecule has 7 nitrogen and oxygen atoms in total. The molecule has 0 unspecified atom stereocenters. The highest BCUT2D eigenvalue weighted by Gasteiger charge is 2.37. The summed E-state index contributed by atoms with van der Waals surface area (Å²) in [4.78, 5) is 38.7. The van der Waals surface area contributed by atoms with Crippen LogP contribution in [0.3, 0.4) is 0 Å². The van der Waals surface area contributed by atoms with E-state index in [0.717, 1.165) is 42.0 Å². The molecule has 4 rings (SSSR count). The van der Waals surface area contributed by atoms with Crippen molar-refractivity contribution in [3.05, 3.63) is 46.9 Å². The molecule has 0 spiro atoms. The number of nitrogens with zero attached hydrogens (tertiary/aromatic N) is 4. The Morgan fingerprint density at radius 2 is 2.03 bits per heavy atom. The number of hydrogen-bond donors (Lipinski definition) is 0. The number of ether oxygens (including phenoxy) is 1. The number of carbonyl (C=O) groups excluding carboxylic acids is 2. The third-order valence-electron chi connectivity index (χ3n) is 5.94. The number of anilines is 1. The minimum Gasteiger partial charge on any atom is -0.496 e. The Morgan fingerprint density at radius 3 is 2.77 bits per heavy atom. The van der Waals surface area contributed by atoms with E-state index in [4.69, 9.17) is 14.7 Å². The standard InChI is InChI=1S/C23H28N4O3/c1-14(2)23(29)26-11-7-9-18(26)21-24-15(3)17-12-20(28)27(22(17)25-21)13-16-8-5-6-10-19(16)30-4/h5-6,8,10,14,18H,7,9,11-13H2,1-4H3/t18-/m1/s1. The fourth-order valence-electron chi connectivity index (χ4n) is 4.34. The van der Waals surface area contributed by atoms with Crippen molar-refractivity contribution < 1.29 is 14.3 Å². The maximum absolute atomic E-state index is 12.8. The van der Waals surface area contributed by atoms with Gasteiger partial charge in [0, 0.05) is 29.3 Å². The molecule has 2 aromatic rings. The van der Waals surface area contributed by atoms with E-state index >= 15 is 0 Å². The van der Waals surface area contributed by atoms with Gasteiger partial charge in [0.1, 0.15) is 11.6 Å². The zero-order valence-electron chi connectivity index (χ0n) is 18.0. The number of benzene rings is 1. The van der Waals surface area contributed by atoms with Gasteiger partial charge in [-0.1, -0.05) is 32.0 Å². The molecule has 2 aliphatic rings. The predicted octanol–water partition coefficient (Wildman–Crippen LogP) is 3.20. The number of aryl methyl sites for hydroxylation is 1. The highest BCUT2D eigenvalue weighted by molar-refractivity contribution is 6.00. The van der Waals surface area contributed by atoms with Crippen molar-refractivity contribution in [1.29, 1.82) is 0 Å². The second-order valence-electron chi connectivity index (χ2n) is 8.28. The first-order chi connectivity index (χ1) is 14.4. The second kappa shape index (κ2) is 8.05. The minimum absolute atomic E-state index is 0.00647. The molecule has 2 amide bonds. The van der Waals surface area contributed by atoms with Crippen molar-refractivity contribution in [3.63, 3.8) is 0 Å². The van der Waals surface area contributed by atoms with Crippen molar-refractivity contribution in [2.45, 2.75) is 52.6 Å². The fraction of sp³-hybridized carbons (Fsp3) is 0.478. The highest BCUT2D eigenvalue weighted by atomic mass is 16.5. The van der Waals surface area contributed by atoms with Gasteiger partial charge in [-0.2, -0.15) is 0 Å². The molecule has 1 saturated heterocycles. The van der Waals surface area contributed by atoms with Crippen LogP contribution in [-0.2, 0) is 22.6 Å². The van der Waals surface area contributed by atoms with Gasteiger partial charge in [-0.05, 0) is 25.8 Å². The summed E-state index contributed by atoms with van der Waals surface area (Å²) in [6.07, 6.45) is 2.08. The van der Waals surface area contributed by atoms with Crippen LogP contribution in [0, 0.1) is 12.8 Å². The SMILES string of the molecule is COc1ccccc1CN1C(=O)Cc2c(C)nc([C@H]3CCCN3C(=O)C(C)C)nc21. The number of methoxy groups -OCH3 is 1. The number of likely N-dealkylation sites (tertiary alicyclic amines) is 1. The van der Waals surface area contributed by atoms with Crippen LogP contribution in [0.5, 0.6) is 5.75 Å². The Balaban J connectivity index is 1.69. The lowest BCUT2D eigenvalue weighted by atomic mass is 10.1. The maximum Gasteiger partial charge on any atom is 0.233 e. The molecule has 7 heteroatoms. The Kier molecular flexibility index (Phi) is 5.45. The minimum atomic E-state index is -0.132. The molecule has 1 fully saturated rings. The van der Waals surface area contributed by atoms with Gasteiger partial charge < -0.3 is 9.64 Å². The first-order valence-electron chi connectivity index (χ1n) is 10.5. The molecule has 158 valence electrons. The second-order valence-corrected chi connectivity index (χ2v) is 8.28. The van der Waals surface area contributed by atoms with E-state index in [9.17, 15) is 9.59 Å².